The molecule has 0 bridgehead atoms. The van der Waals surface area contributed by atoms with Crippen LogP contribution in [-0.4, -0.2) is 19.7 Å². The van der Waals surface area contributed by atoms with Gasteiger partial charge in [0.25, 0.3) is 0 Å². The molecule has 2 nitrogen and oxygen atoms in total. The van der Waals surface area contributed by atoms with Gasteiger partial charge in [0.2, 0.25) is 0 Å². The van der Waals surface area contributed by atoms with Crippen molar-refractivity contribution in [2.75, 3.05) is 13.7 Å². The molecule has 19 heavy (non-hydrogen) atoms. The molecule has 0 amide bonds. The molecule has 2 unspecified atom stereocenters. The summed E-state index contributed by atoms with van der Waals surface area (Å²) < 4.78 is 6.04. The summed E-state index contributed by atoms with van der Waals surface area (Å²) in [6, 6.07) is 9.20. The highest BCUT2D eigenvalue weighted by Gasteiger charge is 2.31. The third kappa shape index (κ3) is 3.18. The Bertz CT molecular complexity index is 413. The Morgan fingerprint density at radius 1 is 1.37 bits per heavy atom. The van der Waals surface area contributed by atoms with Crippen molar-refractivity contribution in [1.29, 1.82) is 0 Å². The van der Waals surface area contributed by atoms with Crippen molar-refractivity contribution in [3.63, 3.8) is 0 Å². The summed E-state index contributed by atoms with van der Waals surface area (Å²) in [6.07, 6.45) is 3.52. The second-order valence-corrected chi connectivity index (χ2v) is 6.23. The van der Waals surface area contributed by atoms with E-state index in [0.717, 1.165) is 19.4 Å². The van der Waals surface area contributed by atoms with Crippen molar-refractivity contribution in [2.24, 2.45) is 5.41 Å². The summed E-state index contributed by atoms with van der Waals surface area (Å²) in [5.74, 6) is 0. The lowest BCUT2D eigenvalue weighted by molar-refractivity contribution is 0.0180. The van der Waals surface area contributed by atoms with Gasteiger partial charge in [-0.3, -0.25) is 0 Å². The van der Waals surface area contributed by atoms with Crippen LogP contribution in [0.25, 0.3) is 0 Å². The van der Waals surface area contributed by atoms with Crippen molar-refractivity contribution in [3.8, 4) is 0 Å². The van der Waals surface area contributed by atoms with Crippen LogP contribution < -0.4 is 5.32 Å². The topological polar surface area (TPSA) is 21.3 Å². The molecule has 1 heterocycles. The fourth-order valence-corrected chi connectivity index (χ4v) is 2.96. The van der Waals surface area contributed by atoms with Gasteiger partial charge in [-0.1, -0.05) is 45.0 Å². The average molecular weight is 261 g/mol. The van der Waals surface area contributed by atoms with Crippen molar-refractivity contribution < 1.29 is 4.74 Å². The molecule has 0 spiro atoms. The number of nitrogens with one attached hydrogen (secondary N) is 1. The van der Waals surface area contributed by atoms with E-state index in [1.807, 2.05) is 0 Å². The highest BCUT2D eigenvalue weighted by Crippen LogP contribution is 2.35. The van der Waals surface area contributed by atoms with E-state index < -0.39 is 0 Å². The predicted octanol–water partition coefficient (Wildman–Crippen LogP) is 3.71. The van der Waals surface area contributed by atoms with Crippen LogP contribution in [0.1, 0.15) is 50.8 Å². The summed E-state index contributed by atoms with van der Waals surface area (Å²) in [7, 11) is 2.07. The normalized spacial score (nSPS) is 20.9. The second-order valence-electron chi connectivity index (χ2n) is 6.23. The van der Waals surface area contributed by atoms with Crippen LogP contribution in [-0.2, 0) is 11.2 Å². The van der Waals surface area contributed by atoms with Gasteiger partial charge < -0.3 is 10.1 Å². The zero-order valence-corrected chi connectivity index (χ0v) is 12.7. The average Bonchev–Trinajstić information content (AvgIpc) is 2.44. The summed E-state index contributed by atoms with van der Waals surface area (Å²) in [4.78, 5) is 0. The summed E-state index contributed by atoms with van der Waals surface area (Å²) in [6.45, 7) is 7.79. The van der Waals surface area contributed by atoms with Gasteiger partial charge in [0.15, 0.2) is 0 Å². The third-order valence-electron chi connectivity index (χ3n) is 4.75. The van der Waals surface area contributed by atoms with E-state index in [1.165, 1.54) is 17.5 Å². The van der Waals surface area contributed by atoms with Crippen LogP contribution in [0.4, 0.5) is 0 Å². The molecule has 0 radical (unpaired) electrons. The maximum Gasteiger partial charge on any atom is 0.0842 e. The first kappa shape index (κ1) is 14.5. The molecule has 2 heteroatoms. The fraction of sp³-hybridized carbons (Fsp3) is 0.647. The summed E-state index contributed by atoms with van der Waals surface area (Å²) >= 11 is 0. The molecular formula is C17H27NO. The molecule has 2 rings (SSSR count). The molecular weight excluding hydrogens is 234 g/mol. The highest BCUT2D eigenvalue weighted by molar-refractivity contribution is 5.31. The zero-order valence-electron chi connectivity index (χ0n) is 12.7. The first-order valence-electron chi connectivity index (χ1n) is 7.45. The lowest BCUT2D eigenvalue weighted by atomic mass is 9.78. The second kappa shape index (κ2) is 6.06. The van der Waals surface area contributed by atoms with Gasteiger partial charge in [-0.25, -0.2) is 0 Å². The SMILES string of the molecule is CCC(C)(C)C(CC1OCCc2ccccc21)NC. The van der Waals surface area contributed by atoms with Gasteiger partial charge in [-0.05, 0) is 42.9 Å². The molecule has 1 aromatic rings. The Morgan fingerprint density at radius 2 is 2.11 bits per heavy atom. The Labute approximate surface area is 117 Å². The zero-order chi connectivity index (χ0) is 13.9. The van der Waals surface area contributed by atoms with E-state index >= 15 is 0 Å². The molecule has 106 valence electrons. The molecule has 0 saturated carbocycles. The monoisotopic (exact) mass is 261 g/mol. The van der Waals surface area contributed by atoms with Gasteiger partial charge in [-0.15, -0.1) is 0 Å². The fourth-order valence-electron chi connectivity index (χ4n) is 2.96. The minimum absolute atomic E-state index is 0.244. The van der Waals surface area contributed by atoms with Gasteiger partial charge in [0, 0.05) is 6.04 Å². The molecule has 1 aliphatic heterocycles. The number of hydrogen-bond donors (Lipinski definition) is 1. The number of ether oxygens (including phenoxy) is 1. The highest BCUT2D eigenvalue weighted by atomic mass is 16.5. The molecule has 0 aliphatic carbocycles. The Hall–Kier alpha value is -0.860. The first-order valence-corrected chi connectivity index (χ1v) is 7.45. The Morgan fingerprint density at radius 3 is 2.79 bits per heavy atom. The predicted molar refractivity (Wildman–Crippen MR) is 80.4 cm³/mol. The molecule has 2 atom stereocenters. The van der Waals surface area contributed by atoms with E-state index in [2.05, 4.69) is 57.4 Å². The minimum atomic E-state index is 0.244. The number of rotatable bonds is 5. The molecule has 0 fully saturated rings. The van der Waals surface area contributed by atoms with Crippen molar-refractivity contribution in [1.82, 2.24) is 5.32 Å². The molecule has 1 aliphatic rings. The van der Waals surface area contributed by atoms with Crippen LogP contribution in [0, 0.1) is 5.41 Å². The van der Waals surface area contributed by atoms with E-state index in [-0.39, 0.29) is 6.10 Å². The molecule has 1 aromatic carbocycles. The lowest BCUT2D eigenvalue weighted by Crippen LogP contribution is -2.41. The smallest absolute Gasteiger partial charge is 0.0842 e. The Balaban J connectivity index is 2.15. The van der Waals surface area contributed by atoms with Crippen molar-refractivity contribution in [3.05, 3.63) is 35.4 Å². The Kier molecular flexibility index (Phi) is 4.64. The van der Waals surface area contributed by atoms with Crippen LogP contribution in [0.3, 0.4) is 0 Å². The standard InChI is InChI=1S/C17H27NO/c1-5-17(2,3)16(18-4)12-15-14-9-7-6-8-13(14)10-11-19-15/h6-9,15-16,18H,5,10-12H2,1-4H3. The van der Waals surface area contributed by atoms with Gasteiger partial charge in [-0.2, -0.15) is 0 Å². The van der Waals surface area contributed by atoms with Crippen molar-refractivity contribution >= 4 is 0 Å². The van der Waals surface area contributed by atoms with E-state index in [4.69, 9.17) is 4.74 Å². The van der Waals surface area contributed by atoms with Crippen LogP contribution in [0.15, 0.2) is 24.3 Å². The maximum atomic E-state index is 6.04. The van der Waals surface area contributed by atoms with Gasteiger partial charge in [0.1, 0.15) is 0 Å². The van der Waals surface area contributed by atoms with Crippen LogP contribution >= 0.6 is 0 Å². The van der Waals surface area contributed by atoms with E-state index in [0.29, 0.717) is 11.5 Å². The maximum absolute atomic E-state index is 6.04. The van der Waals surface area contributed by atoms with Crippen LogP contribution in [0.2, 0.25) is 0 Å². The lowest BCUT2D eigenvalue weighted by Gasteiger charge is -2.37. The van der Waals surface area contributed by atoms with Gasteiger partial charge in [0.05, 0.1) is 12.7 Å². The van der Waals surface area contributed by atoms with Crippen LogP contribution in [0.5, 0.6) is 0 Å². The molecule has 0 saturated heterocycles. The quantitative estimate of drug-likeness (QED) is 0.872. The largest absolute Gasteiger partial charge is 0.373 e. The number of benzene rings is 1. The van der Waals surface area contributed by atoms with E-state index in [1.54, 1.807) is 0 Å². The van der Waals surface area contributed by atoms with Gasteiger partial charge >= 0.3 is 0 Å². The number of hydrogen-bond acceptors (Lipinski definition) is 2. The molecule has 0 aromatic heterocycles. The summed E-state index contributed by atoms with van der Waals surface area (Å²) in [5.41, 5.74) is 3.15. The number of fused-ring (bicyclic) bond motifs is 1. The van der Waals surface area contributed by atoms with Crippen molar-refractivity contribution in [2.45, 2.75) is 52.2 Å². The van der Waals surface area contributed by atoms with E-state index in [9.17, 15) is 0 Å². The molecule has 1 N–H and O–H groups in total. The first-order chi connectivity index (χ1) is 9.08. The summed E-state index contributed by atoms with van der Waals surface area (Å²) in [5, 5.41) is 3.49. The minimum Gasteiger partial charge on any atom is -0.373 e. The third-order valence-corrected chi connectivity index (χ3v) is 4.75.